The average molecular weight is 543 g/mol. The topological polar surface area (TPSA) is 82.6 Å². The molecule has 0 atom stereocenters. The number of nitrogens with zero attached hydrogens (tertiary/aromatic N) is 1. The zero-order valence-electron chi connectivity index (χ0n) is 14.9. The van der Waals surface area contributed by atoms with Gasteiger partial charge in [0.25, 0.3) is 0 Å². The second-order valence-corrected chi connectivity index (χ2v) is 9.18. The molecule has 1 aromatic carbocycles. The first kappa shape index (κ1) is 24.2. The van der Waals surface area contributed by atoms with E-state index in [4.69, 9.17) is 11.6 Å². The smallest absolute Gasteiger partial charge is 0.250 e. The summed E-state index contributed by atoms with van der Waals surface area (Å²) in [7, 11) is -1.83. The number of aliphatic imine (C=N–C) groups is 1. The number of hydrogen-bond acceptors (Lipinski definition) is 4. The maximum atomic E-state index is 12.1. The summed E-state index contributed by atoms with van der Waals surface area (Å²) in [4.78, 5) is 4.13. The van der Waals surface area contributed by atoms with E-state index >= 15 is 0 Å². The lowest BCUT2D eigenvalue weighted by Gasteiger charge is -2.12. The lowest BCUT2D eigenvalue weighted by molar-refractivity contribution is 0.582. The standard InChI is InChI=1S/C17H23ClN4O2S2.HI/c1-19-17(20-11-5-8-14-6-3-2-4-7-14)21-12-13-22-26(23,24)16-10-9-15(18)25-16;/h2-4,6-7,9-10,22H,5,8,11-13H2,1H3,(H2,19,20,21);1H. The van der Waals surface area contributed by atoms with Gasteiger partial charge in [0.05, 0.1) is 4.34 Å². The lowest BCUT2D eigenvalue weighted by atomic mass is 10.1. The van der Waals surface area contributed by atoms with Gasteiger partial charge in [0.1, 0.15) is 4.21 Å². The van der Waals surface area contributed by atoms with Crippen molar-refractivity contribution in [2.45, 2.75) is 17.1 Å². The van der Waals surface area contributed by atoms with E-state index in [1.807, 2.05) is 18.2 Å². The third-order valence-corrected chi connectivity index (χ3v) is 6.71. The Morgan fingerprint density at radius 2 is 1.78 bits per heavy atom. The van der Waals surface area contributed by atoms with Gasteiger partial charge in [-0.25, -0.2) is 13.1 Å². The molecule has 0 amide bonds. The van der Waals surface area contributed by atoms with E-state index in [9.17, 15) is 8.42 Å². The maximum Gasteiger partial charge on any atom is 0.250 e. The van der Waals surface area contributed by atoms with Gasteiger partial charge in [-0.1, -0.05) is 41.9 Å². The monoisotopic (exact) mass is 542 g/mol. The molecule has 0 spiro atoms. The predicted molar refractivity (Wildman–Crippen MR) is 124 cm³/mol. The molecular weight excluding hydrogens is 519 g/mol. The molecule has 27 heavy (non-hydrogen) atoms. The van der Waals surface area contributed by atoms with Crippen LogP contribution in [0.3, 0.4) is 0 Å². The summed E-state index contributed by atoms with van der Waals surface area (Å²) in [5.74, 6) is 0.649. The van der Waals surface area contributed by atoms with Crippen LogP contribution >= 0.6 is 46.9 Å². The molecule has 0 aliphatic rings. The molecular formula is C17H24ClIN4O2S2. The van der Waals surface area contributed by atoms with Gasteiger partial charge in [-0.2, -0.15) is 0 Å². The van der Waals surface area contributed by atoms with Crippen molar-refractivity contribution in [1.82, 2.24) is 15.4 Å². The number of nitrogens with one attached hydrogen (secondary N) is 3. The van der Waals surface area contributed by atoms with Gasteiger partial charge in [-0.05, 0) is 30.5 Å². The van der Waals surface area contributed by atoms with E-state index in [1.54, 1.807) is 13.1 Å². The summed E-state index contributed by atoms with van der Waals surface area (Å²) in [6.07, 6.45) is 1.98. The van der Waals surface area contributed by atoms with Crippen molar-refractivity contribution < 1.29 is 8.42 Å². The van der Waals surface area contributed by atoms with Crippen LogP contribution in [0.1, 0.15) is 12.0 Å². The van der Waals surface area contributed by atoms with Crippen molar-refractivity contribution >= 4 is 62.9 Å². The van der Waals surface area contributed by atoms with Crippen LogP contribution in [0.15, 0.2) is 51.7 Å². The van der Waals surface area contributed by atoms with Gasteiger partial charge in [0.2, 0.25) is 10.0 Å². The van der Waals surface area contributed by atoms with Crippen LogP contribution in [0.25, 0.3) is 0 Å². The van der Waals surface area contributed by atoms with Crippen molar-refractivity contribution in [1.29, 1.82) is 0 Å². The molecule has 150 valence electrons. The highest BCUT2D eigenvalue weighted by Crippen LogP contribution is 2.25. The molecule has 0 saturated heterocycles. The van der Waals surface area contributed by atoms with Gasteiger partial charge in [0.15, 0.2) is 5.96 Å². The SMILES string of the molecule is CN=C(NCCCc1ccccc1)NCCNS(=O)(=O)c1ccc(Cl)s1.I. The minimum Gasteiger partial charge on any atom is -0.356 e. The van der Waals surface area contributed by atoms with Crippen molar-refractivity contribution in [3.63, 3.8) is 0 Å². The molecule has 2 rings (SSSR count). The average Bonchev–Trinajstić information content (AvgIpc) is 3.08. The Morgan fingerprint density at radius 3 is 2.41 bits per heavy atom. The molecule has 3 N–H and O–H groups in total. The van der Waals surface area contributed by atoms with Crippen molar-refractivity contribution in [3.8, 4) is 0 Å². The van der Waals surface area contributed by atoms with Crippen molar-refractivity contribution in [3.05, 3.63) is 52.4 Å². The zero-order valence-corrected chi connectivity index (χ0v) is 19.7. The summed E-state index contributed by atoms with van der Waals surface area (Å²) in [5.41, 5.74) is 1.31. The third kappa shape index (κ3) is 8.77. The lowest BCUT2D eigenvalue weighted by Crippen LogP contribution is -2.41. The Labute approximate surface area is 186 Å². The predicted octanol–water partition coefficient (Wildman–Crippen LogP) is 3.10. The Bertz CT molecular complexity index is 813. The van der Waals surface area contributed by atoms with E-state index in [-0.39, 0.29) is 34.7 Å². The highest BCUT2D eigenvalue weighted by atomic mass is 127. The van der Waals surface area contributed by atoms with Crippen LogP contribution in [0.5, 0.6) is 0 Å². The van der Waals surface area contributed by atoms with Crippen molar-refractivity contribution in [2.75, 3.05) is 26.7 Å². The molecule has 0 saturated carbocycles. The van der Waals surface area contributed by atoms with E-state index in [0.717, 1.165) is 30.7 Å². The Morgan fingerprint density at radius 1 is 1.07 bits per heavy atom. The van der Waals surface area contributed by atoms with Gasteiger partial charge >= 0.3 is 0 Å². The number of thiophene rings is 1. The van der Waals surface area contributed by atoms with E-state index < -0.39 is 10.0 Å². The first-order valence-corrected chi connectivity index (χ1v) is 10.9. The summed E-state index contributed by atoms with van der Waals surface area (Å²) in [5, 5.41) is 6.31. The molecule has 0 unspecified atom stereocenters. The number of halogens is 2. The van der Waals surface area contributed by atoms with Crippen LogP contribution in [-0.4, -0.2) is 41.1 Å². The Hall–Kier alpha value is -0.880. The highest BCUT2D eigenvalue weighted by molar-refractivity contribution is 14.0. The number of sulfonamides is 1. The van der Waals surface area contributed by atoms with Gasteiger partial charge in [-0.3, -0.25) is 4.99 Å². The fourth-order valence-corrected chi connectivity index (χ4v) is 4.80. The van der Waals surface area contributed by atoms with Gasteiger partial charge in [-0.15, -0.1) is 35.3 Å². The number of rotatable bonds is 9. The number of benzene rings is 1. The molecule has 6 nitrogen and oxygen atoms in total. The minimum absolute atomic E-state index is 0. The number of guanidine groups is 1. The number of aryl methyl sites for hydroxylation is 1. The molecule has 0 radical (unpaired) electrons. The molecule has 0 fully saturated rings. The minimum atomic E-state index is -3.51. The summed E-state index contributed by atoms with van der Waals surface area (Å²) in [6.45, 7) is 1.47. The van der Waals surface area contributed by atoms with E-state index in [0.29, 0.717) is 16.8 Å². The van der Waals surface area contributed by atoms with E-state index in [2.05, 4.69) is 32.5 Å². The summed E-state index contributed by atoms with van der Waals surface area (Å²) < 4.78 is 27.3. The molecule has 1 aromatic heterocycles. The van der Waals surface area contributed by atoms with E-state index in [1.165, 1.54) is 11.6 Å². The maximum absolute atomic E-state index is 12.1. The zero-order chi connectivity index (χ0) is 18.8. The van der Waals surface area contributed by atoms with Crippen molar-refractivity contribution in [2.24, 2.45) is 4.99 Å². The third-order valence-electron chi connectivity index (χ3n) is 3.52. The first-order chi connectivity index (χ1) is 12.5. The second-order valence-electron chi connectivity index (χ2n) is 5.47. The normalized spacial score (nSPS) is 11.7. The molecule has 0 bridgehead atoms. The molecule has 10 heteroatoms. The summed E-state index contributed by atoms with van der Waals surface area (Å²) >= 11 is 6.81. The quantitative estimate of drug-likeness (QED) is 0.197. The molecule has 0 aliphatic heterocycles. The molecule has 1 heterocycles. The summed E-state index contributed by atoms with van der Waals surface area (Å²) in [6, 6.07) is 13.4. The largest absolute Gasteiger partial charge is 0.356 e. The van der Waals surface area contributed by atoms with Gasteiger partial charge < -0.3 is 10.6 Å². The van der Waals surface area contributed by atoms with Crippen LogP contribution in [-0.2, 0) is 16.4 Å². The van der Waals surface area contributed by atoms with Crippen LogP contribution in [0, 0.1) is 0 Å². The second kappa shape index (κ2) is 12.6. The van der Waals surface area contributed by atoms with Crippen LogP contribution in [0.2, 0.25) is 4.34 Å². The first-order valence-electron chi connectivity index (χ1n) is 8.25. The fourth-order valence-electron chi connectivity index (χ4n) is 2.24. The Kier molecular flexibility index (Phi) is 11.2. The molecule has 2 aromatic rings. The molecule has 0 aliphatic carbocycles. The van der Waals surface area contributed by atoms with Crippen LogP contribution < -0.4 is 15.4 Å². The highest BCUT2D eigenvalue weighted by Gasteiger charge is 2.15. The van der Waals surface area contributed by atoms with Crippen LogP contribution in [0.4, 0.5) is 0 Å². The fraction of sp³-hybridized carbons (Fsp3) is 0.353. The Balaban J connectivity index is 0.00000364. The number of hydrogen-bond donors (Lipinski definition) is 3. The van der Waals surface area contributed by atoms with Gasteiger partial charge in [0, 0.05) is 26.7 Å².